The van der Waals surface area contributed by atoms with Crippen LogP contribution in [0.4, 0.5) is 4.79 Å². The van der Waals surface area contributed by atoms with Crippen molar-refractivity contribution in [2.75, 3.05) is 0 Å². The Bertz CT molecular complexity index is 894. The highest BCUT2D eigenvalue weighted by Crippen LogP contribution is 2.35. The minimum Gasteiger partial charge on any atom is -0.444 e. The molecule has 196 valence electrons. The summed E-state index contributed by atoms with van der Waals surface area (Å²) in [6, 6.07) is 6.06. The first-order valence-electron chi connectivity index (χ1n) is 12.8. The number of nitrogens with one attached hydrogen (secondary N) is 2. The summed E-state index contributed by atoms with van der Waals surface area (Å²) in [4.78, 5) is 42.3. The minimum atomic E-state index is -0.792. The molecule has 0 heterocycles. The summed E-state index contributed by atoms with van der Waals surface area (Å²) >= 11 is 0. The topological polar surface area (TPSA) is 87.7 Å². The fraction of sp³-hybridized carbons (Fsp3) is 0.679. The predicted octanol–water partition coefficient (Wildman–Crippen LogP) is 5.27. The molecule has 2 atom stereocenters. The molecule has 1 aliphatic carbocycles. The number of ether oxygens (including phenoxy) is 1. The molecule has 0 spiro atoms. The third-order valence-electron chi connectivity index (χ3n) is 5.93. The van der Waals surface area contributed by atoms with Crippen LogP contribution in [-0.4, -0.2) is 46.0 Å². The van der Waals surface area contributed by atoms with Crippen molar-refractivity contribution >= 4 is 17.9 Å². The molecular formula is C28H45N3O4. The summed E-state index contributed by atoms with van der Waals surface area (Å²) in [6.07, 6.45) is 2.49. The van der Waals surface area contributed by atoms with Crippen molar-refractivity contribution in [3.63, 3.8) is 0 Å². The van der Waals surface area contributed by atoms with Gasteiger partial charge in [0.2, 0.25) is 11.8 Å². The number of carbonyl (C=O) groups excluding carboxylic acids is 3. The van der Waals surface area contributed by atoms with Crippen LogP contribution in [0.5, 0.6) is 0 Å². The lowest BCUT2D eigenvalue weighted by atomic mass is 9.86. The van der Waals surface area contributed by atoms with Gasteiger partial charge in [0.15, 0.2) is 0 Å². The Morgan fingerprint density at radius 2 is 1.66 bits per heavy atom. The molecule has 2 rings (SSSR count). The summed E-state index contributed by atoms with van der Waals surface area (Å²) in [5.41, 5.74) is 0.604. The van der Waals surface area contributed by atoms with Crippen LogP contribution in [0.1, 0.15) is 98.2 Å². The first-order chi connectivity index (χ1) is 16.1. The minimum absolute atomic E-state index is 0.0621. The average Bonchev–Trinajstić information content (AvgIpc) is 2.63. The summed E-state index contributed by atoms with van der Waals surface area (Å²) in [7, 11) is 0. The number of benzene rings is 1. The summed E-state index contributed by atoms with van der Waals surface area (Å²) < 4.78 is 5.46. The zero-order chi connectivity index (χ0) is 26.6. The summed E-state index contributed by atoms with van der Waals surface area (Å²) in [5.74, 6) is -0.304. The number of hydrogen-bond acceptors (Lipinski definition) is 4. The van der Waals surface area contributed by atoms with Gasteiger partial charge in [0.25, 0.3) is 0 Å². The lowest BCUT2D eigenvalue weighted by molar-refractivity contribution is -0.148. The van der Waals surface area contributed by atoms with Crippen LogP contribution in [0.2, 0.25) is 0 Å². The Morgan fingerprint density at radius 3 is 2.11 bits per heavy atom. The molecule has 2 unspecified atom stereocenters. The van der Waals surface area contributed by atoms with E-state index < -0.39 is 29.3 Å². The summed E-state index contributed by atoms with van der Waals surface area (Å²) in [5, 5.41) is 5.90. The molecule has 1 fully saturated rings. The molecule has 35 heavy (non-hydrogen) atoms. The van der Waals surface area contributed by atoms with Crippen LogP contribution in [0.3, 0.4) is 0 Å². The van der Waals surface area contributed by atoms with E-state index >= 15 is 0 Å². The van der Waals surface area contributed by atoms with E-state index in [-0.39, 0.29) is 23.8 Å². The highest BCUT2D eigenvalue weighted by molar-refractivity contribution is 5.93. The number of alkyl carbamates (subject to hydrolysis) is 1. The molecule has 1 aromatic rings. The summed E-state index contributed by atoms with van der Waals surface area (Å²) in [6.45, 7) is 17.1. The van der Waals surface area contributed by atoms with Crippen molar-refractivity contribution in [1.29, 1.82) is 0 Å². The van der Waals surface area contributed by atoms with Gasteiger partial charge in [0.1, 0.15) is 17.7 Å². The molecule has 1 aliphatic rings. The smallest absolute Gasteiger partial charge is 0.408 e. The van der Waals surface area contributed by atoms with Crippen LogP contribution in [0.25, 0.3) is 0 Å². The second kappa shape index (κ2) is 11.4. The molecule has 1 aromatic carbocycles. The standard InChI is InChI=1S/C28H45N3O4/c1-18(2)17-22(29-26(34)35-28(7,8)9)25(33)31(20-14-12-15-20)23(24(32)30-27(4,5)6)21-16-11-10-13-19(21)3/h10-11,13,16,18,20,22-23H,12,14-15,17H2,1-9H3,(H,29,34)(H,30,32). The molecule has 0 aromatic heterocycles. The van der Waals surface area contributed by atoms with Crippen LogP contribution >= 0.6 is 0 Å². The number of nitrogens with zero attached hydrogens (tertiary/aromatic N) is 1. The lowest BCUT2D eigenvalue weighted by Gasteiger charge is -2.44. The van der Waals surface area contributed by atoms with Gasteiger partial charge in [-0.1, -0.05) is 38.1 Å². The Kier molecular flexibility index (Phi) is 9.37. The van der Waals surface area contributed by atoms with Crippen molar-refractivity contribution in [3.05, 3.63) is 35.4 Å². The molecule has 7 heteroatoms. The molecular weight excluding hydrogens is 442 g/mol. The fourth-order valence-electron chi connectivity index (χ4n) is 4.25. The van der Waals surface area contributed by atoms with Gasteiger partial charge in [-0.05, 0) is 91.2 Å². The van der Waals surface area contributed by atoms with Crippen LogP contribution < -0.4 is 10.6 Å². The Balaban J connectivity index is 2.52. The van der Waals surface area contributed by atoms with E-state index in [0.717, 1.165) is 30.4 Å². The first-order valence-corrected chi connectivity index (χ1v) is 12.8. The molecule has 0 saturated heterocycles. The maximum atomic E-state index is 14.2. The van der Waals surface area contributed by atoms with Gasteiger partial charge in [-0.15, -0.1) is 0 Å². The average molecular weight is 488 g/mol. The van der Waals surface area contributed by atoms with E-state index in [4.69, 9.17) is 4.74 Å². The third-order valence-corrected chi connectivity index (χ3v) is 5.93. The largest absolute Gasteiger partial charge is 0.444 e. The lowest BCUT2D eigenvalue weighted by Crippen LogP contribution is -2.59. The second-order valence-electron chi connectivity index (χ2n) is 12.2. The maximum Gasteiger partial charge on any atom is 0.408 e. The van der Waals surface area contributed by atoms with Crippen LogP contribution in [0.15, 0.2) is 24.3 Å². The molecule has 0 aliphatic heterocycles. The number of amides is 3. The molecule has 0 bridgehead atoms. The quantitative estimate of drug-likeness (QED) is 0.523. The van der Waals surface area contributed by atoms with E-state index in [1.807, 2.05) is 65.8 Å². The fourth-order valence-corrected chi connectivity index (χ4v) is 4.25. The monoisotopic (exact) mass is 487 g/mol. The van der Waals surface area contributed by atoms with Gasteiger partial charge in [-0.25, -0.2) is 4.79 Å². The van der Waals surface area contributed by atoms with Crippen molar-refractivity contribution in [2.24, 2.45) is 5.92 Å². The van der Waals surface area contributed by atoms with E-state index in [1.165, 1.54) is 0 Å². The second-order valence-corrected chi connectivity index (χ2v) is 12.2. The van der Waals surface area contributed by atoms with Gasteiger partial charge in [-0.3, -0.25) is 9.59 Å². The molecule has 3 amide bonds. The highest BCUT2D eigenvalue weighted by Gasteiger charge is 2.43. The Labute approximate surface area is 211 Å². The van der Waals surface area contributed by atoms with E-state index in [2.05, 4.69) is 10.6 Å². The first kappa shape index (κ1) is 28.7. The van der Waals surface area contributed by atoms with Crippen LogP contribution in [0, 0.1) is 12.8 Å². The number of hydrogen-bond donors (Lipinski definition) is 2. The highest BCUT2D eigenvalue weighted by atomic mass is 16.6. The van der Waals surface area contributed by atoms with E-state index in [1.54, 1.807) is 25.7 Å². The third kappa shape index (κ3) is 8.55. The van der Waals surface area contributed by atoms with E-state index in [0.29, 0.717) is 6.42 Å². The number of aryl methyl sites for hydroxylation is 1. The molecule has 1 saturated carbocycles. The molecule has 7 nitrogen and oxygen atoms in total. The molecule has 0 radical (unpaired) electrons. The van der Waals surface area contributed by atoms with E-state index in [9.17, 15) is 14.4 Å². The van der Waals surface area contributed by atoms with Crippen LogP contribution in [-0.2, 0) is 14.3 Å². The normalized spacial score (nSPS) is 16.2. The van der Waals surface area contributed by atoms with Crippen molar-refractivity contribution in [2.45, 2.75) is 117 Å². The van der Waals surface area contributed by atoms with Gasteiger partial charge in [-0.2, -0.15) is 0 Å². The Hall–Kier alpha value is -2.57. The van der Waals surface area contributed by atoms with Crippen molar-refractivity contribution in [3.8, 4) is 0 Å². The SMILES string of the molecule is Cc1ccccc1C(C(=O)NC(C)(C)C)N(C(=O)C(CC(C)C)NC(=O)OC(C)(C)C)C1CCC1. The van der Waals surface area contributed by atoms with Crippen molar-refractivity contribution in [1.82, 2.24) is 15.5 Å². The molecule has 2 N–H and O–H groups in total. The zero-order valence-corrected chi connectivity index (χ0v) is 23.0. The zero-order valence-electron chi connectivity index (χ0n) is 23.0. The van der Waals surface area contributed by atoms with Crippen molar-refractivity contribution < 1.29 is 19.1 Å². The maximum absolute atomic E-state index is 14.2. The van der Waals surface area contributed by atoms with Gasteiger partial charge >= 0.3 is 6.09 Å². The van der Waals surface area contributed by atoms with Gasteiger partial charge in [0.05, 0.1) is 0 Å². The number of carbonyl (C=O) groups is 3. The predicted molar refractivity (Wildman–Crippen MR) is 139 cm³/mol. The number of rotatable bonds is 8. The Morgan fingerprint density at radius 1 is 1.06 bits per heavy atom. The van der Waals surface area contributed by atoms with Gasteiger partial charge in [0, 0.05) is 11.6 Å². The van der Waals surface area contributed by atoms with Gasteiger partial charge < -0.3 is 20.3 Å².